The van der Waals surface area contributed by atoms with Gasteiger partial charge < -0.3 is 5.11 Å². The molecule has 1 heterocycles. The zero-order valence-corrected chi connectivity index (χ0v) is 16.0. The summed E-state index contributed by atoms with van der Waals surface area (Å²) in [6, 6.07) is 0. The third kappa shape index (κ3) is 13.5. The highest BCUT2D eigenvalue weighted by Gasteiger charge is 2.04. The predicted octanol–water partition coefficient (Wildman–Crippen LogP) is 5.13. The summed E-state index contributed by atoms with van der Waals surface area (Å²) in [4.78, 5) is 30.1. The van der Waals surface area contributed by atoms with Gasteiger partial charge in [-0.1, -0.05) is 64.2 Å². The molecule has 1 rings (SSSR count). The molecular formula is C21H34N2O3. The number of aromatic nitrogens is 2. The number of ketones is 1. The number of Topliss-reactive ketones (excluding diaryl/α,β-unsaturated/α-hetero) is 1. The highest BCUT2D eigenvalue weighted by Crippen LogP contribution is 2.13. The molecule has 0 bridgehead atoms. The van der Waals surface area contributed by atoms with E-state index in [9.17, 15) is 9.59 Å². The van der Waals surface area contributed by atoms with Gasteiger partial charge in [-0.2, -0.15) is 0 Å². The van der Waals surface area contributed by atoms with Gasteiger partial charge in [0.15, 0.2) is 0 Å². The molecule has 146 valence electrons. The highest BCUT2D eigenvalue weighted by atomic mass is 16.4. The molecule has 1 aromatic heterocycles. The van der Waals surface area contributed by atoms with E-state index in [1.54, 1.807) is 12.4 Å². The second-order valence-electron chi connectivity index (χ2n) is 7.10. The van der Waals surface area contributed by atoms with E-state index in [0.717, 1.165) is 37.7 Å². The fraction of sp³-hybridized carbons (Fsp3) is 0.714. The fourth-order valence-corrected chi connectivity index (χ4v) is 3.10. The minimum absolute atomic E-state index is 0.281. The van der Waals surface area contributed by atoms with E-state index in [2.05, 4.69) is 9.97 Å². The molecule has 5 heteroatoms. The van der Waals surface area contributed by atoms with Crippen LogP contribution in [0.3, 0.4) is 0 Å². The molecule has 0 radical (unpaired) electrons. The van der Waals surface area contributed by atoms with Gasteiger partial charge in [0.2, 0.25) is 0 Å². The lowest BCUT2D eigenvalue weighted by atomic mass is 10.0. The van der Waals surface area contributed by atoms with Crippen molar-refractivity contribution >= 4 is 11.8 Å². The Labute approximate surface area is 157 Å². The Balaban J connectivity index is 1.79. The first-order valence-corrected chi connectivity index (χ1v) is 10.2. The number of carboxylic acids is 1. The van der Waals surface area contributed by atoms with Gasteiger partial charge in [0.1, 0.15) is 12.1 Å². The van der Waals surface area contributed by atoms with Crippen LogP contribution in [0.4, 0.5) is 0 Å². The van der Waals surface area contributed by atoms with Crippen molar-refractivity contribution in [3.05, 3.63) is 24.3 Å². The van der Waals surface area contributed by atoms with E-state index >= 15 is 0 Å². The van der Waals surface area contributed by atoms with E-state index < -0.39 is 5.97 Å². The third-order valence-electron chi connectivity index (χ3n) is 4.61. The summed E-state index contributed by atoms with van der Waals surface area (Å²) in [6.07, 6.45) is 20.3. The van der Waals surface area contributed by atoms with E-state index in [-0.39, 0.29) is 5.78 Å². The Morgan fingerprint density at radius 2 is 1.12 bits per heavy atom. The molecule has 0 saturated heterocycles. The molecule has 1 N–H and O–H groups in total. The average molecular weight is 363 g/mol. The fourth-order valence-electron chi connectivity index (χ4n) is 3.10. The number of hydrogen-bond acceptors (Lipinski definition) is 4. The molecule has 0 unspecified atom stereocenters. The molecule has 0 amide bonds. The number of carbonyl (C=O) groups is 2. The van der Waals surface area contributed by atoms with Gasteiger partial charge >= 0.3 is 5.97 Å². The van der Waals surface area contributed by atoms with Gasteiger partial charge in [0.05, 0.1) is 0 Å². The minimum Gasteiger partial charge on any atom is -0.481 e. The Morgan fingerprint density at radius 3 is 1.58 bits per heavy atom. The Hall–Kier alpha value is -1.78. The SMILES string of the molecule is O=C(O)CCCCCCCCCCCCCCC(=O)Cc1cncnc1. The number of unbranched alkanes of at least 4 members (excludes halogenated alkanes) is 11. The molecule has 0 spiro atoms. The maximum atomic E-state index is 11.9. The van der Waals surface area contributed by atoms with Crippen molar-refractivity contribution < 1.29 is 14.7 Å². The first-order chi connectivity index (χ1) is 12.7. The van der Waals surface area contributed by atoms with Crippen LogP contribution < -0.4 is 0 Å². The molecule has 1 aromatic rings. The maximum Gasteiger partial charge on any atom is 0.303 e. The summed E-state index contributed by atoms with van der Waals surface area (Å²) in [5.41, 5.74) is 0.902. The van der Waals surface area contributed by atoms with Crippen molar-refractivity contribution in [1.82, 2.24) is 9.97 Å². The van der Waals surface area contributed by atoms with E-state index in [1.807, 2.05) is 0 Å². The lowest BCUT2D eigenvalue weighted by Gasteiger charge is -2.03. The number of rotatable bonds is 17. The van der Waals surface area contributed by atoms with Crippen molar-refractivity contribution in [2.45, 2.75) is 96.3 Å². The summed E-state index contributed by atoms with van der Waals surface area (Å²) in [5.74, 6) is -0.400. The molecule has 0 atom stereocenters. The number of carboxylic acid groups (broad SMARTS) is 1. The van der Waals surface area contributed by atoms with Crippen LogP contribution in [-0.2, 0) is 16.0 Å². The van der Waals surface area contributed by atoms with Crippen molar-refractivity contribution in [2.75, 3.05) is 0 Å². The Bertz CT molecular complexity index is 491. The topological polar surface area (TPSA) is 80.1 Å². The average Bonchev–Trinajstić information content (AvgIpc) is 2.62. The summed E-state index contributed by atoms with van der Waals surface area (Å²) in [5, 5.41) is 8.56. The molecule has 0 saturated carbocycles. The van der Waals surface area contributed by atoms with Crippen LogP contribution in [0, 0.1) is 0 Å². The molecule has 0 aliphatic rings. The Morgan fingerprint density at radius 1 is 0.692 bits per heavy atom. The van der Waals surface area contributed by atoms with Crippen LogP contribution >= 0.6 is 0 Å². The van der Waals surface area contributed by atoms with Gasteiger partial charge in [0, 0.05) is 31.7 Å². The zero-order valence-electron chi connectivity index (χ0n) is 16.0. The number of aliphatic carboxylic acids is 1. The van der Waals surface area contributed by atoms with Gasteiger partial charge in [-0.05, 0) is 18.4 Å². The zero-order chi connectivity index (χ0) is 18.9. The molecule has 0 aromatic carbocycles. The summed E-state index contributed by atoms with van der Waals surface area (Å²) < 4.78 is 0. The second kappa shape index (κ2) is 15.5. The van der Waals surface area contributed by atoms with Gasteiger partial charge in [-0.3, -0.25) is 9.59 Å². The molecule has 26 heavy (non-hydrogen) atoms. The van der Waals surface area contributed by atoms with E-state index in [4.69, 9.17) is 5.11 Å². The van der Waals surface area contributed by atoms with E-state index in [0.29, 0.717) is 19.3 Å². The summed E-state index contributed by atoms with van der Waals surface area (Å²) in [6.45, 7) is 0. The largest absolute Gasteiger partial charge is 0.481 e. The summed E-state index contributed by atoms with van der Waals surface area (Å²) in [7, 11) is 0. The molecular weight excluding hydrogens is 328 g/mol. The standard InChI is InChI=1S/C21H34N2O3/c24-20(15-19-16-22-18-23-17-19)13-11-9-7-5-3-1-2-4-6-8-10-12-14-21(25)26/h16-18H,1-15H2,(H,25,26). The predicted molar refractivity (Wildman–Crippen MR) is 103 cm³/mol. The van der Waals surface area contributed by atoms with Crippen LogP contribution in [0.5, 0.6) is 0 Å². The first-order valence-electron chi connectivity index (χ1n) is 10.2. The number of carbonyl (C=O) groups excluding carboxylic acids is 1. The third-order valence-corrected chi connectivity index (χ3v) is 4.61. The molecule has 0 aliphatic carbocycles. The monoisotopic (exact) mass is 362 g/mol. The number of nitrogens with zero attached hydrogens (tertiary/aromatic N) is 2. The second-order valence-corrected chi connectivity index (χ2v) is 7.10. The Kier molecular flexibility index (Phi) is 13.2. The first kappa shape index (κ1) is 22.3. The lowest BCUT2D eigenvalue weighted by Crippen LogP contribution is -2.03. The molecule has 0 aliphatic heterocycles. The van der Waals surface area contributed by atoms with Gasteiger partial charge in [0.25, 0.3) is 0 Å². The van der Waals surface area contributed by atoms with Crippen LogP contribution in [0.1, 0.15) is 95.5 Å². The van der Waals surface area contributed by atoms with E-state index in [1.165, 1.54) is 51.3 Å². The van der Waals surface area contributed by atoms with Crippen molar-refractivity contribution in [3.8, 4) is 0 Å². The van der Waals surface area contributed by atoms with Crippen LogP contribution in [-0.4, -0.2) is 26.8 Å². The number of hydrogen-bond donors (Lipinski definition) is 1. The van der Waals surface area contributed by atoms with Crippen molar-refractivity contribution in [1.29, 1.82) is 0 Å². The highest BCUT2D eigenvalue weighted by molar-refractivity contribution is 5.80. The van der Waals surface area contributed by atoms with Crippen molar-refractivity contribution in [2.24, 2.45) is 0 Å². The quantitative estimate of drug-likeness (QED) is 0.388. The minimum atomic E-state index is -0.680. The van der Waals surface area contributed by atoms with Crippen LogP contribution in [0.2, 0.25) is 0 Å². The normalized spacial score (nSPS) is 10.8. The smallest absolute Gasteiger partial charge is 0.303 e. The summed E-state index contributed by atoms with van der Waals surface area (Å²) >= 11 is 0. The maximum absolute atomic E-state index is 11.9. The van der Waals surface area contributed by atoms with Gasteiger partial charge in [-0.15, -0.1) is 0 Å². The molecule has 0 fully saturated rings. The molecule has 5 nitrogen and oxygen atoms in total. The van der Waals surface area contributed by atoms with Crippen LogP contribution in [0.25, 0.3) is 0 Å². The van der Waals surface area contributed by atoms with Crippen molar-refractivity contribution in [3.63, 3.8) is 0 Å². The van der Waals surface area contributed by atoms with Gasteiger partial charge in [-0.25, -0.2) is 9.97 Å². The van der Waals surface area contributed by atoms with Crippen LogP contribution in [0.15, 0.2) is 18.7 Å². The lowest BCUT2D eigenvalue weighted by molar-refractivity contribution is -0.137.